The van der Waals surface area contributed by atoms with Crippen LogP contribution in [0.3, 0.4) is 0 Å². The molecule has 0 saturated heterocycles. The highest BCUT2D eigenvalue weighted by atomic mass is 15.2. The molecule has 1 aromatic rings. The zero-order chi connectivity index (χ0) is 13.5. The molecule has 0 amide bonds. The standard InChI is InChI=1S/C16H27N3/c1-3-11-18-15-9-7-10-16(15)19(4-2)13-14-8-5-6-12-17-14/h5-6,8,12,15-16,18H,3-4,7,9-11,13H2,1-2H3. The molecule has 0 bridgehead atoms. The third-order valence-electron chi connectivity index (χ3n) is 4.10. The molecule has 1 saturated carbocycles. The van der Waals surface area contributed by atoms with Crippen LogP contribution in [0.25, 0.3) is 0 Å². The van der Waals surface area contributed by atoms with Gasteiger partial charge in [-0.15, -0.1) is 0 Å². The SMILES string of the molecule is CCCNC1CCCC1N(CC)Cc1ccccn1. The minimum atomic E-state index is 0.670. The first-order chi connectivity index (χ1) is 9.35. The Morgan fingerprint density at radius 3 is 2.89 bits per heavy atom. The first-order valence-corrected chi connectivity index (χ1v) is 7.72. The second-order valence-electron chi connectivity index (χ2n) is 5.44. The molecule has 1 aromatic heterocycles. The number of aromatic nitrogens is 1. The second-order valence-corrected chi connectivity index (χ2v) is 5.44. The van der Waals surface area contributed by atoms with Crippen LogP contribution in [0.15, 0.2) is 24.4 Å². The van der Waals surface area contributed by atoms with Gasteiger partial charge in [0.2, 0.25) is 0 Å². The van der Waals surface area contributed by atoms with Gasteiger partial charge in [-0.25, -0.2) is 0 Å². The van der Waals surface area contributed by atoms with Gasteiger partial charge in [0.25, 0.3) is 0 Å². The number of rotatable bonds is 7. The number of hydrogen-bond acceptors (Lipinski definition) is 3. The molecule has 2 atom stereocenters. The molecule has 106 valence electrons. The van der Waals surface area contributed by atoms with E-state index in [1.165, 1.54) is 31.4 Å². The molecule has 1 N–H and O–H groups in total. The summed E-state index contributed by atoms with van der Waals surface area (Å²) < 4.78 is 0. The fraction of sp³-hybridized carbons (Fsp3) is 0.688. The smallest absolute Gasteiger partial charge is 0.0544 e. The Morgan fingerprint density at radius 1 is 1.32 bits per heavy atom. The van der Waals surface area contributed by atoms with Crippen molar-refractivity contribution in [2.45, 2.75) is 58.2 Å². The van der Waals surface area contributed by atoms with Crippen molar-refractivity contribution < 1.29 is 0 Å². The predicted molar refractivity (Wildman–Crippen MR) is 80.0 cm³/mol. The summed E-state index contributed by atoms with van der Waals surface area (Å²) in [6.45, 7) is 7.72. The summed E-state index contributed by atoms with van der Waals surface area (Å²) in [5.74, 6) is 0. The van der Waals surface area contributed by atoms with Crippen LogP contribution in [0.4, 0.5) is 0 Å². The van der Waals surface area contributed by atoms with Crippen molar-refractivity contribution in [2.75, 3.05) is 13.1 Å². The fourth-order valence-corrected chi connectivity index (χ4v) is 3.11. The molecule has 0 spiro atoms. The highest BCUT2D eigenvalue weighted by Crippen LogP contribution is 2.25. The number of pyridine rings is 1. The fourth-order valence-electron chi connectivity index (χ4n) is 3.11. The Hall–Kier alpha value is -0.930. The van der Waals surface area contributed by atoms with Crippen LogP contribution < -0.4 is 5.32 Å². The van der Waals surface area contributed by atoms with Crippen molar-refractivity contribution in [2.24, 2.45) is 0 Å². The van der Waals surface area contributed by atoms with E-state index < -0.39 is 0 Å². The maximum absolute atomic E-state index is 4.46. The molecule has 2 rings (SSSR count). The van der Waals surface area contributed by atoms with Crippen LogP contribution in [-0.4, -0.2) is 35.1 Å². The lowest BCUT2D eigenvalue weighted by molar-refractivity contribution is 0.170. The topological polar surface area (TPSA) is 28.2 Å². The molecule has 0 aliphatic heterocycles. The van der Waals surface area contributed by atoms with Crippen molar-refractivity contribution >= 4 is 0 Å². The zero-order valence-corrected chi connectivity index (χ0v) is 12.3. The molecule has 0 radical (unpaired) electrons. The van der Waals surface area contributed by atoms with E-state index in [9.17, 15) is 0 Å². The number of nitrogens with one attached hydrogen (secondary N) is 1. The molecule has 19 heavy (non-hydrogen) atoms. The Kier molecular flexibility index (Phi) is 5.80. The van der Waals surface area contributed by atoms with Crippen molar-refractivity contribution in [3.05, 3.63) is 30.1 Å². The van der Waals surface area contributed by atoms with Crippen molar-refractivity contribution in [1.29, 1.82) is 0 Å². The Morgan fingerprint density at radius 2 is 2.21 bits per heavy atom. The zero-order valence-electron chi connectivity index (χ0n) is 12.3. The van der Waals surface area contributed by atoms with Gasteiger partial charge in [-0.2, -0.15) is 0 Å². The molecule has 1 aliphatic carbocycles. The van der Waals surface area contributed by atoms with E-state index in [-0.39, 0.29) is 0 Å². The number of nitrogens with zero attached hydrogens (tertiary/aromatic N) is 2. The maximum Gasteiger partial charge on any atom is 0.0544 e. The highest BCUT2D eigenvalue weighted by molar-refractivity contribution is 5.04. The van der Waals surface area contributed by atoms with Gasteiger partial charge in [0.05, 0.1) is 5.69 Å². The van der Waals surface area contributed by atoms with Gasteiger partial charge in [-0.05, 0) is 44.5 Å². The summed E-state index contributed by atoms with van der Waals surface area (Å²) in [4.78, 5) is 7.05. The highest BCUT2D eigenvalue weighted by Gasteiger charge is 2.30. The van der Waals surface area contributed by atoms with Crippen molar-refractivity contribution in [3.63, 3.8) is 0 Å². The van der Waals surface area contributed by atoms with Gasteiger partial charge >= 0.3 is 0 Å². The Bertz CT molecular complexity index is 352. The summed E-state index contributed by atoms with van der Waals surface area (Å²) in [6, 6.07) is 7.55. The predicted octanol–water partition coefficient (Wildman–Crippen LogP) is 2.82. The van der Waals surface area contributed by atoms with Gasteiger partial charge in [0.1, 0.15) is 0 Å². The third-order valence-corrected chi connectivity index (χ3v) is 4.10. The van der Waals surface area contributed by atoms with E-state index in [1.54, 1.807) is 0 Å². The van der Waals surface area contributed by atoms with E-state index in [0.717, 1.165) is 19.6 Å². The van der Waals surface area contributed by atoms with Gasteiger partial charge in [-0.3, -0.25) is 9.88 Å². The van der Waals surface area contributed by atoms with E-state index >= 15 is 0 Å². The van der Waals surface area contributed by atoms with E-state index in [4.69, 9.17) is 0 Å². The third kappa shape index (κ3) is 4.02. The summed E-state index contributed by atoms with van der Waals surface area (Å²) >= 11 is 0. The average molecular weight is 261 g/mol. The van der Waals surface area contributed by atoms with E-state index in [2.05, 4.69) is 41.2 Å². The maximum atomic E-state index is 4.46. The molecule has 1 heterocycles. The van der Waals surface area contributed by atoms with Crippen LogP contribution >= 0.6 is 0 Å². The van der Waals surface area contributed by atoms with E-state index in [0.29, 0.717) is 12.1 Å². The number of likely N-dealkylation sites (N-methyl/N-ethyl adjacent to an activating group) is 1. The lowest BCUT2D eigenvalue weighted by Gasteiger charge is -2.32. The molecule has 2 unspecified atom stereocenters. The molecule has 3 nitrogen and oxygen atoms in total. The molecular formula is C16H27N3. The molecule has 3 heteroatoms. The van der Waals surface area contributed by atoms with Crippen molar-refractivity contribution in [1.82, 2.24) is 15.2 Å². The largest absolute Gasteiger partial charge is 0.312 e. The molecule has 0 aromatic carbocycles. The van der Waals surface area contributed by atoms with Crippen molar-refractivity contribution in [3.8, 4) is 0 Å². The average Bonchev–Trinajstić information content (AvgIpc) is 2.92. The first kappa shape index (κ1) is 14.5. The molecular weight excluding hydrogens is 234 g/mol. The quantitative estimate of drug-likeness (QED) is 0.818. The minimum Gasteiger partial charge on any atom is -0.312 e. The summed E-state index contributed by atoms with van der Waals surface area (Å²) in [6.07, 6.45) is 7.11. The first-order valence-electron chi connectivity index (χ1n) is 7.72. The summed E-state index contributed by atoms with van der Waals surface area (Å²) in [5, 5.41) is 3.72. The van der Waals surface area contributed by atoms with Crippen LogP contribution in [0.5, 0.6) is 0 Å². The monoisotopic (exact) mass is 261 g/mol. The minimum absolute atomic E-state index is 0.670. The van der Waals surface area contributed by atoms with Crippen LogP contribution in [-0.2, 0) is 6.54 Å². The lowest BCUT2D eigenvalue weighted by Crippen LogP contribution is -2.46. The van der Waals surface area contributed by atoms with Crippen LogP contribution in [0.1, 0.15) is 45.2 Å². The lowest BCUT2D eigenvalue weighted by atomic mass is 10.1. The van der Waals surface area contributed by atoms with E-state index in [1.807, 2.05) is 12.3 Å². The van der Waals surface area contributed by atoms with Gasteiger partial charge in [0, 0.05) is 24.8 Å². The van der Waals surface area contributed by atoms with Gasteiger partial charge in [0.15, 0.2) is 0 Å². The summed E-state index contributed by atoms with van der Waals surface area (Å²) in [5.41, 5.74) is 1.19. The summed E-state index contributed by atoms with van der Waals surface area (Å²) in [7, 11) is 0. The van der Waals surface area contributed by atoms with Crippen LogP contribution in [0.2, 0.25) is 0 Å². The molecule has 1 aliphatic rings. The number of hydrogen-bond donors (Lipinski definition) is 1. The Labute approximate surface area is 117 Å². The Balaban J connectivity index is 1.96. The van der Waals surface area contributed by atoms with Gasteiger partial charge < -0.3 is 5.32 Å². The molecule has 1 fully saturated rings. The second kappa shape index (κ2) is 7.61. The van der Waals surface area contributed by atoms with Crippen LogP contribution in [0, 0.1) is 0 Å². The normalized spacial score (nSPS) is 23.1. The van der Waals surface area contributed by atoms with Gasteiger partial charge in [-0.1, -0.05) is 26.3 Å².